The molecule has 0 aliphatic carbocycles. The lowest BCUT2D eigenvalue weighted by Crippen LogP contribution is -2.52. The zero-order valence-electron chi connectivity index (χ0n) is 23.3. The summed E-state index contributed by atoms with van der Waals surface area (Å²) in [6.45, 7) is 8.44. The number of ether oxygens (including phenoxy) is 3. The van der Waals surface area contributed by atoms with Gasteiger partial charge in [-0.2, -0.15) is 0 Å². The van der Waals surface area contributed by atoms with E-state index in [4.69, 9.17) is 14.2 Å². The van der Waals surface area contributed by atoms with Crippen molar-refractivity contribution in [1.82, 2.24) is 20.3 Å². The molecular formula is C29H38N6O5S. The van der Waals surface area contributed by atoms with Crippen molar-refractivity contribution in [2.75, 3.05) is 37.0 Å². The molecule has 3 aromatic heterocycles. The number of benzene rings is 1. The van der Waals surface area contributed by atoms with Gasteiger partial charge in [0, 0.05) is 41.3 Å². The average Bonchev–Trinajstić information content (AvgIpc) is 3.37. The van der Waals surface area contributed by atoms with E-state index in [9.17, 15) is 9.59 Å². The lowest BCUT2D eigenvalue weighted by Gasteiger charge is -2.36. The van der Waals surface area contributed by atoms with Gasteiger partial charge in [0.1, 0.15) is 5.82 Å². The Kier molecular flexibility index (Phi) is 8.43. The van der Waals surface area contributed by atoms with E-state index in [2.05, 4.69) is 37.0 Å². The van der Waals surface area contributed by atoms with E-state index >= 15 is 0 Å². The summed E-state index contributed by atoms with van der Waals surface area (Å²) in [4.78, 5) is 38.2. The SMILES string of the molecule is CCNC(=O)Nc1nc2cc(-c3cnc(NC4COC(C)(C(=O)OCC)OC4)c(C)c3)cc(-c3ccccn3)c2s1.[HH].[HH].[HH]. The number of aromatic nitrogens is 3. The molecule has 41 heavy (non-hydrogen) atoms. The second-order valence-electron chi connectivity index (χ2n) is 9.61. The van der Waals surface area contributed by atoms with Gasteiger partial charge in [0.2, 0.25) is 0 Å². The number of pyridine rings is 2. The second kappa shape index (κ2) is 12.2. The number of aryl methyl sites for hydroxylation is 1. The van der Waals surface area contributed by atoms with Crippen LogP contribution in [-0.4, -0.2) is 65.1 Å². The van der Waals surface area contributed by atoms with Crippen LogP contribution in [0.3, 0.4) is 0 Å². The molecule has 2 amide bonds. The van der Waals surface area contributed by atoms with Crippen LogP contribution in [0.15, 0.2) is 48.8 Å². The van der Waals surface area contributed by atoms with Gasteiger partial charge in [0.15, 0.2) is 5.13 Å². The Morgan fingerprint density at radius 3 is 2.63 bits per heavy atom. The van der Waals surface area contributed by atoms with E-state index < -0.39 is 11.8 Å². The Labute approximate surface area is 246 Å². The number of carbonyl (C=O) groups is 2. The molecule has 0 saturated carbocycles. The minimum absolute atomic E-state index is 0. The molecule has 3 N–H and O–H groups in total. The predicted octanol–water partition coefficient (Wildman–Crippen LogP) is 5.71. The van der Waals surface area contributed by atoms with Gasteiger partial charge in [0.05, 0.1) is 41.8 Å². The van der Waals surface area contributed by atoms with Crippen LogP contribution in [-0.2, 0) is 19.0 Å². The summed E-state index contributed by atoms with van der Waals surface area (Å²) in [6, 6.07) is 11.4. The van der Waals surface area contributed by atoms with Gasteiger partial charge in [-0.25, -0.2) is 19.6 Å². The van der Waals surface area contributed by atoms with E-state index in [1.54, 1.807) is 26.2 Å². The summed E-state index contributed by atoms with van der Waals surface area (Å²) in [5.74, 6) is -1.25. The van der Waals surface area contributed by atoms with Crippen molar-refractivity contribution in [2.24, 2.45) is 0 Å². The summed E-state index contributed by atoms with van der Waals surface area (Å²) >= 11 is 1.40. The molecule has 1 aliphatic rings. The van der Waals surface area contributed by atoms with Crippen LogP contribution in [0, 0.1) is 6.92 Å². The number of carbonyl (C=O) groups excluding carboxylic acids is 2. The molecule has 4 heterocycles. The number of thiazole rings is 1. The number of nitrogens with one attached hydrogen (secondary N) is 3. The Balaban J connectivity index is 0.00000225. The average molecular weight is 583 g/mol. The third kappa shape index (κ3) is 6.29. The Bertz CT molecular complexity index is 1570. The summed E-state index contributed by atoms with van der Waals surface area (Å²) in [6.07, 6.45) is 3.55. The van der Waals surface area contributed by atoms with Crippen LogP contribution in [0.5, 0.6) is 0 Å². The van der Waals surface area contributed by atoms with Crippen molar-refractivity contribution in [3.8, 4) is 22.4 Å². The largest absolute Gasteiger partial charge is 0.462 e. The maximum atomic E-state index is 12.1. The smallest absolute Gasteiger partial charge is 0.366 e. The van der Waals surface area contributed by atoms with Crippen LogP contribution in [0.4, 0.5) is 15.7 Å². The highest BCUT2D eigenvalue weighted by molar-refractivity contribution is 7.22. The third-order valence-corrected chi connectivity index (χ3v) is 7.53. The molecule has 1 aliphatic heterocycles. The summed E-state index contributed by atoms with van der Waals surface area (Å²) in [5, 5.41) is 9.40. The number of esters is 1. The quantitative estimate of drug-likeness (QED) is 0.223. The van der Waals surface area contributed by atoms with Crippen molar-refractivity contribution in [1.29, 1.82) is 0 Å². The number of rotatable bonds is 8. The molecule has 0 atom stereocenters. The molecule has 1 fully saturated rings. The maximum Gasteiger partial charge on any atom is 0.366 e. The first-order valence-corrected chi connectivity index (χ1v) is 14.2. The molecule has 0 radical (unpaired) electrons. The summed E-state index contributed by atoms with van der Waals surface area (Å²) in [7, 11) is 0. The van der Waals surface area contributed by atoms with Gasteiger partial charge in [-0.05, 0) is 62.2 Å². The molecule has 5 rings (SSSR count). The minimum Gasteiger partial charge on any atom is -0.462 e. The number of nitrogens with zero attached hydrogens (tertiary/aromatic N) is 3. The molecule has 12 heteroatoms. The fourth-order valence-corrected chi connectivity index (χ4v) is 5.38. The monoisotopic (exact) mass is 582 g/mol. The molecule has 220 valence electrons. The van der Waals surface area contributed by atoms with Crippen molar-refractivity contribution in [3.63, 3.8) is 0 Å². The first kappa shape index (κ1) is 28.4. The highest BCUT2D eigenvalue weighted by Crippen LogP contribution is 2.38. The highest BCUT2D eigenvalue weighted by Gasteiger charge is 2.42. The first-order chi connectivity index (χ1) is 19.8. The predicted molar refractivity (Wildman–Crippen MR) is 164 cm³/mol. The molecular weight excluding hydrogens is 544 g/mol. The number of anilines is 2. The van der Waals surface area contributed by atoms with E-state index in [1.807, 2.05) is 44.2 Å². The number of hydrogen-bond donors (Lipinski definition) is 3. The van der Waals surface area contributed by atoms with E-state index in [0.29, 0.717) is 17.5 Å². The molecule has 1 saturated heterocycles. The second-order valence-corrected chi connectivity index (χ2v) is 10.6. The maximum absolute atomic E-state index is 12.1. The number of fused-ring (bicyclic) bond motifs is 1. The number of hydrogen-bond acceptors (Lipinski definition) is 10. The van der Waals surface area contributed by atoms with Crippen molar-refractivity contribution >= 4 is 44.5 Å². The third-order valence-electron chi connectivity index (χ3n) is 6.51. The van der Waals surface area contributed by atoms with Crippen LogP contribution in [0.25, 0.3) is 32.6 Å². The fraction of sp³-hybridized carbons (Fsp3) is 0.345. The fourth-order valence-electron chi connectivity index (χ4n) is 4.42. The highest BCUT2D eigenvalue weighted by atomic mass is 32.1. The lowest BCUT2D eigenvalue weighted by atomic mass is 10.0. The van der Waals surface area contributed by atoms with E-state index in [1.165, 1.54) is 11.3 Å². The summed E-state index contributed by atoms with van der Waals surface area (Å²) in [5.41, 5.74) is 5.23. The molecule has 0 unspecified atom stereocenters. The lowest BCUT2D eigenvalue weighted by molar-refractivity contribution is -0.262. The van der Waals surface area contributed by atoms with E-state index in [0.717, 1.165) is 38.2 Å². The topological polar surface area (TPSA) is 137 Å². The minimum atomic E-state index is -1.41. The zero-order valence-corrected chi connectivity index (χ0v) is 24.1. The van der Waals surface area contributed by atoms with Gasteiger partial charge >= 0.3 is 12.0 Å². The van der Waals surface area contributed by atoms with Gasteiger partial charge in [-0.15, -0.1) is 0 Å². The Morgan fingerprint density at radius 2 is 1.95 bits per heavy atom. The normalized spacial score (nSPS) is 18.6. The molecule has 0 spiro atoms. The van der Waals surface area contributed by atoms with Gasteiger partial charge in [-0.3, -0.25) is 10.3 Å². The molecule has 4 aromatic rings. The summed E-state index contributed by atoms with van der Waals surface area (Å²) < 4.78 is 17.4. The van der Waals surface area contributed by atoms with Gasteiger partial charge in [-0.1, -0.05) is 17.4 Å². The standard InChI is InChI=1S/C29H32N6O5S.3H2/c1-5-30-27(37)35-28-34-23-13-18(12-21(24(23)41-28)22-9-7-8-10-31-22)19-11-17(3)25(32-14-19)33-20-15-39-29(4,40-16-20)26(36)38-6-2;;;/h7-14,20H,5-6,15-16H2,1-4H3,(H,32,33)(H2,30,34,35,37);3*1H. The van der Waals surface area contributed by atoms with Crippen LogP contribution < -0.4 is 16.0 Å². The Morgan fingerprint density at radius 1 is 1.15 bits per heavy atom. The van der Waals surface area contributed by atoms with Gasteiger partial charge in [0.25, 0.3) is 5.79 Å². The van der Waals surface area contributed by atoms with Crippen molar-refractivity contribution < 1.29 is 28.1 Å². The molecule has 11 nitrogen and oxygen atoms in total. The van der Waals surface area contributed by atoms with Crippen molar-refractivity contribution in [3.05, 3.63) is 54.4 Å². The van der Waals surface area contributed by atoms with E-state index in [-0.39, 0.29) is 36.2 Å². The molecule has 0 bridgehead atoms. The van der Waals surface area contributed by atoms with Crippen molar-refractivity contribution in [2.45, 2.75) is 39.5 Å². The number of amides is 2. The Hall–Kier alpha value is -4.13. The number of urea groups is 1. The van der Waals surface area contributed by atoms with Crippen LogP contribution >= 0.6 is 11.3 Å². The van der Waals surface area contributed by atoms with Crippen LogP contribution in [0.1, 0.15) is 30.6 Å². The van der Waals surface area contributed by atoms with Gasteiger partial charge < -0.3 is 24.8 Å². The zero-order chi connectivity index (χ0) is 29.0. The molecule has 1 aromatic carbocycles. The first-order valence-electron chi connectivity index (χ1n) is 13.4. The van der Waals surface area contributed by atoms with Crippen LogP contribution in [0.2, 0.25) is 0 Å².